The van der Waals surface area contributed by atoms with Gasteiger partial charge in [-0.3, -0.25) is 4.79 Å². The third-order valence-electron chi connectivity index (χ3n) is 0.340. The van der Waals surface area contributed by atoms with Crippen LogP contribution in [0.25, 0.3) is 0 Å². The molecule has 0 aliphatic carbocycles. The number of hydrogen-bond acceptors (Lipinski definition) is 3. The zero-order chi connectivity index (χ0) is 5.70. The molecule has 0 aliphatic rings. The number of nitriles is 1. The van der Waals surface area contributed by atoms with Crippen molar-refractivity contribution in [1.29, 1.82) is 5.26 Å². The van der Waals surface area contributed by atoms with Crippen molar-refractivity contribution in [2.24, 2.45) is 0 Å². The van der Waals surface area contributed by atoms with E-state index >= 15 is 0 Å². The van der Waals surface area contributed by atoms with Crippen LogP contribution in [-0.2, 0) is 4.79 Å². The third kappa shape index (κ3) is 9.72. The van der Waals surface area contributed by atoms with Gasteiger partial charge in [0.15, 0.2) is 5.12 Å². The summed E-state index contributed by atoms with van der Waals surface area (Å²) in [6.07, 6.45) is 0. The fourth-order valence-corrected chi connectivity index (χ4v) is 0.402. The predicted octanol–water partition coefficient (Wildman–Crippen LogP) is 0.141. The van der Waals surface area contributed by atoms with Gasteiger partial charge in [0.2, 0.25) is 0 Å². The molecule has 0 saturated heterocycles. The summed E-state index contributed by atoms with van der Waals surface area (Å²) < 4.78 is 0. The number of thioether (sulfide) groups is 1. The molecule has 2 nitrogen and oxygen atoms in total. The van der Waals surface area contributed by atoms with Gasteiger partial charge in [-0.2, -0.15) is 5.26 Å². The monoisotopic (exact) mass is 139 g/mol. The van der Waals surface area contributed by atoms with Crippen LogP contribution in [0.4, 0.5) is 0 Å². The fraction of sp³-hybridized carbons (Fsp3) is 0.500. The zero-order valence-electron chi connectivity index (χ0n) is 3.97. The maximum atomic E-state index is 10.0. The molecule has 0 atom stereocenters. The first kappa shape index (κ1) is 11.3. The molecule has 4 heteroatoms. The van der Waals surface area contributed by atoms with Crippen molar-refractivity contribution in [3.05, 3.63) is 0 Å². The number of carbonyl (C=O) groups excluding carboxylic acids is 1. The Morgan fingerprint density at radius 2 is 2.38 bits per heavy atom. The number of rotatable bonds is 1. The van der Waals surface area contributed by atoms with Gasteiger partial charge in [-0.25, -0.2) is 0 Å². The summed E-state index contributed by atoms with van der Waals surface area (Å²) in [5.41, 5.74) is 0. The van der Waals surface area contributed by atoms with Crippen LogP contribution in [0.5, 0.6) is 0 Å². The molecule has 0 aromatic rings. The van der Waals surface area contributed by atoms with Crippen molar-refractivity contribution >= 4 is 46.4 Å². The van der Waals surface area contributed by atoms with E-state index in [1.807, 2.05) is 6.07 Å². The first-order chi connectivity index (χ1) is 3.27. The van der Waals surface area contributed by atoms with Crippen LogP contribution in [0.3, 0.4) is 0 Å². The van der Waals surface area contributed by atoms with Crippen LogP contribution in [0, 0.1) is 11.3 Å². The Morgan fingerprint density at radius 3 is 2.50 bits per heavy atom. The molecule has 0 aliphatic heterocycles. The fourth-order valence-electron chi connectivity index (χ4n) is 0.134. The van der Waals surface area contributed by atoms with Gasteiger partial charge >= 0.3 is 29.6 Å². The summed E-state index contributed by atoms with van der Waals surface area (Å²) in [4.78, 5) is 10.0. The van der Waals surface area contributed by atoms with Crippen LogP contribution in [-0.4, -0.2) is 40.4 Å². The molecule has 0 aromatic carbocycles. The van der Waals surface area contributed by atoms with E-state index in [0.717, 1.165) is 11.8 Å². The second-order valence-corrected chi connectivity index (χ2v) is 2.09. The standard InChI is InChI=1S/C4H5NOS.Na.H/c1-4(6)7-3-2-5;;/h3H2,1H3;;. The predicted molar refractivity (Wildman–Crippen MR) is 35.9 cm³/mol. The molecule has 0 unspecified atom stereocenters. The average molecular weight is 139 g/mol. The Kier molecular flexibility index (Phi) is 10.6. The summed E-state index contributed by atoms with van der Waals surface area (Å²) in [5.74, 6) is 0.273. The summed E-state index contributed by atoms with van der Waals surface area (Å²) in [7, 11) is 0. The maximum absolute atomic E-state index is 10.0. The van der Waals surface area contributed by atoms with Gasteiger partial charge in [-0.05, 0) is 0 Å². The van der Waals surface area contributed by atoms with Crippen molar-refractivity contribution in [3.63, 3.8) is 0 Å². The van der Waals surface area contributed by atoms with Crippen LogP contribution >= 0.6 is 11.8 Å². The molecule has 0 amide bonds. The summed E-state index contributed by atoms with van der Waals surface area (Å²) >= 11 is 1.03. The van der Waals surface area contributed by atoms with E-state index in [-0.39, 0.29) is 40.4 Å². The van der Waals surface area contributed by atoms with E-state index in [2.05, 4.69) is 0 Å². The van der Waals surface area contributed by atoms with E-state index in [1.165, 1.54) is 6.92 Å². The van der Waals surface area contributed by atoms with Crippen molar-refractivity contribution in [2.45, 2.75) is 6.92 Å². The van der Waals surface area contributed by atoms with Gasteiger partial charge in [0.25, 0.3) is 0 Å². The Hall–Kier alpha value is 0.510. The molecular formula is C4H6NNaOS. The minimum atomic E-state index is 0. The van der Waals surface area contributed by atoms with Crippen LogP contribution < -0.4 is 0 Å². The van der Waals surface area contributed by atoms with Crippen molar-refractivity contribution in [3.8, 4) is 6.07 Å². The van der Waals surface area contributed by atoms with Gasteiger partial charge in [0.1, 0.15) is 0 Å². The molecule has 8 heavy (non-hydrogen) atoms. The summed E-state index contributed by atoms with van der Waals surface area (Å²) in [6.45, 7) is 1.45. The summed E-state index contributed by atoms with van der Waals surface area (Å²) in [5, 5.41) is 7.89. The van der Waals surface area contributed by atoms with Crippen molar-refractivity contribution in [1.82, 2.24) is 0 Å². The SMILES string of the molecule is CC(=O)SCC#N.[NaH]. The van der Waals surface area contributed by atoms with Crippen LogP contribution in [0.2, 0.25) is 0 Å². The Morgan fingerprint density at radius 1 is 1.88 bits per heavy atom. The van der Waals surface area contributed by atoms with Crippen molar-refractivity contribution in [2.75, 3.05) is 5.75 Å². The first-order valence-corrected chi connectivity index (χ1v) is 2.76. The zero-order valence-corrected chi connectivity index (χ0v) is 4.79. The van der Waals surface area contributed by atoms with Gasteiger partial charge in [0, 0.05) is 6.92 Å². The van der Waals surface area contributed by atoms with E-state index in [9.17, 15) is 4.79 Å². The Bertz CT molecular complexity index is 109. The molecule has 0 heterocycles. The second kappa shape index (κ2) is 7.51. The van der Waals surface area contributed by atoms with E-state index < -0.39 is 0 Å². The molecular weight excluding hydrogens is 133 g/mol. The van der Waals surface area contributed by atoms with Gasteiger partial charge in [0.05, 0.1) is 11.8 Å². The molecule has 0 rings (SSSR count). The van der Waals surface area contributed by atoms with E-state index in [4.69, 9.17) is 5.26 Å². The molecule has 0 N–H and O–H groups in total. The van der Waals surface area contributed by atoms with Crippen LogP contribution in [0.1, 0.15) is 6.92 Å². The number of carbonyl (C=O) groups is 1. The minimum absolute atomic E-state index is 0. The number of nitrogens with zero attached hydrogens (tertiary/aromatic N) is 1. The summed E-state index contributed by atoms with van der Waals surface area (Å²) in [6, 6.07) is 1.84. The molecule has 0 bridgehead atoms. The van der Waals surface area contributed by atoms with Crippen molar-refractivity contribution < 1.29 is 4.79 Å². The molecule has 0 fully saturated rings. The molecule has 0 spiro atoms. The van der Waals surface area contributed by atoms with E-state index in [0.29, 0.717) is 0 Å². The van der Waals surface area contributed by atoms with Gasteiger partial charge in [-0.1, -0.05) is 11.8 Å². The van der Waals surface area contributed by atoms with Crippen LogP contribution in [0.15, 0.2) is 0 Å². The Balaban J connectivity index is 0. The average Bonchev–Trinajstić information content (AvgIpc) is 1.61. The second-order valence-electron chi connectivity index (χ2n) is 0.938. The van der Waals surface area contributed by atoms with E-state index in [1.54, 1.807) is 0 Å². The molecule has 40 valence electrons. The Labute approximate surface area is 74.9 Å². The molecule has 0 aromatic heterocycles. The molecule has 0 radical (unpaired) electrons. The quantitative estimate of drug-likeness (QED) is 0.485. The normalized spacial score (nSPS) is 6.50. The van der Waals surface area contributed by atoms with Gasteiger partial charge < -0.3 is 0 Å². The first-order valence-electron chi connectivity index (χ1n) is 1.77. The van der Waals surface area contributed by atoms with Gasteiger partial charge in [-0.15, -0.1) is 0 Å². The third-order valence-corrected chi connectivity index (χ3v) is 1.02. The molecule has 0 saturated carbocycles. The number of hydrogen-bond donors (Lipinski definition) is 0. The topological polar surface area (TPSA) is 40.9 Å².